The van der Waals surface area contributed by atoms with E-state index >= 15 is 0 Å². The van der Waals surface area contributed by atoms with E-state index in [2.05, 4.69) is 5.32 Å². The second-order valence-electron chi connectivity index (χ2n) is 6.28. The van der Waals surface area contributed by atoms with E-state index < -0.39 is 15.9 Å². The molecule has 8 heteroatoms. The van der Waals surface area contributed by atoms with Crippen LogP contribution in [-0.2, 0) is 16.6 Å². The van der Waals surface area contributed by atoms with E-state index in [0.29, 0.717) is 19.6 Å². The van der Waals surface area contributed by atoms with Crippen molar-refractivity contribution < 1.29 is 13.2 Å². The summed E-state index contributed by atoms with van der Waals surface area (Å²) in [5.74, 6) is -0.396. The maximum atomic E-state index is 12.7. The van der Waals surface area contributed by atoms with Crippen molar-refractivity contribution in [3.8, 4) is 0 Å². The predicted octanol–water partition coefficient (Wildman–Crippen LogP) is 3.78. The van der Waals surface area contributed by atoms with Gasteiger partial charge in [-0.05, 0) is 55.0 Å². The van der Waals surface area contributed by atoms with Crippen molar-refractivity contribution in [2.45, 2.75) is 29.2 Å². The van der Waals surface area contributed by atoms with Crippen LogP contribution in [0.1, 0.15) is 28.8 Å². The van der Waals surface area contributed by atoms with Crippen molar-refractivity contribution in [3.63, 3.8) is 0 Å². The molecule has 1 amide bonds. The van der Waals surface area contributed by atoms with Crippen LogP contribution in [0.5, 0.6) is 0 Å². The predicted molar refractivity (Wildman–Crippen MR) is 109 cm³/mol. The van der Waals surface area contributed by atoms with E-state index in [0.717, 1.165) is 23.3 Å². The number of benzene rings is 2. The fourth-order valence-corrected chi connectivity index (χ4v) is 5.09. The Labute approximate surface area is 169 Å². The highest BCUT2D eigenvalue weighted by molar-refractivity contribution is 7.98. The summed E-state index contributed by atoms with van der Waals surface area (Å²) in [6, 6.07) is 12.2. The van der Waals surface area contributed by atoms with E-state index in [9.17, 15) is 13.2 Å². The van der Waals surface area contributed by atoms with Crippen molar-refractivity contribution in [2.24, 2.45) is 0 Å². The summed E-state index contributed by atoms with van der Waals surface area (Å²) in [4.78, 5) is 13.8. The van der Waals surface area contributed by atoms with Crippen molar-refractivity contribution >= 4 is 39.3 Å². The number of hydrogen-bond acceptors (Lipinski definition) is 4. The third-order valence-electron chi connectivity index (χ3n) is 4.50. The standard InChI is InChI=1S/C19H21ClN2O3S2/c1-26-15-6-4-14(5-7-15)13-21-19(23)17-12-16(8-9-18(17)20)27(24,25)22-10-2-3-11-22/h4-9,12H,2-3,10-11,13H2,1H3,(H,21,23). The van der Waals surface area contributed by atoms with Crippen LogP contribution in [0, 0.1) is 0 Å². The number of amides is 1. The van der Waals surface area contributed by atoms with Crippen LogP contribution in [0.3, 0.4) is 0 Å². The molecule has 1 N–H and O–H groups in total. The first kappa shape index (κ1) is 20.2. The van der Waals surface area contributed by atoms with Gasteiger partial charge in [-0.25, -0.2) is 8.42 Å². The largest absolute Gasteiger partial charge is 0.348 e. The highest BCUT2D eigenvalue weighted by Gasteiger charge is 2.28. The Morgan fingerprint density at radius 3 is 2.44 bits per heavy atom. The maximum Gasteiger partial charge on any atom is 0.253 e. The Bertz CT molecular complexity index is 924. The van der Waals surface area contributed by atoms with Gasteiger partial charge < -0.3 is 5.32 Å². The molecule has 0 spiro atoms. The Kier molecular flexibility index (Phi) is 6.47. The number of halogens is 1. The number of carbonyl (C=O) groups excluding carboxylic acids is 1. The summed E-state index contributed by atoms with van der Waals surface area (Å²) in [6.07, 6.45) is 3.72. The molecule has 0 radical (unpaired) electrons. The van der Waals surface area contributed by atoms with Gasteiger partial charge in [-0.1, -0.05) is 23.7 Å². The van der Waals surface area contributed by atoms with Crippen molar-refractivity contribution in [1.29, 1.82) is 0 Å². The Morgan fingerprint density at radius 1 is 1.15 bits per heavy atom. The normalized spacial score (nSPS) is 15.0. The summed E-state index contributed by atoms with van der Waals surface area (Å²) in [6.45, 7) is 1.37. The minimum atomic E-state index is -3.59. The topological polar surface area (TPSA) is 66.5 Å². The highest BCUT2D eigenvalue weighted by Crippen LogP contribution is 2.25. The van der Waals surface area contributed by atoms with E-state index in [1.807, 2.05) is 30.5 Å². The van der Waals surface area contributed by atoms with Gasteiger partial charge in [0.1, 0.15) is 0 Å². The lowest BCUT2D eigenvalue weighted by atomic mass is 10.2. The molecule has 1 heterocycles. The molecule has 27 heavy (non-hydrogen) atoms. The van der Waals surface area contributed by atoms with Crippen LogP contribution in [0.2, 0.25) is 5.02 Å². The highest BCUT2D eigenvalue weighted by atomic mass is 35.5. The average molecular weight is 425 g/mol. The minimum absolute atomic E-state index is 0.100. The first-order valence-electron chi connectivity index (χ1n) is 8.62. The van der Waals surface area contributed by atoms with Gasteiger partial charge in [0.15, 0.2) is 0 Å². The van der Waals surface area contributed by atoms with Gasteiger partial charge in [0, 0.05) is 24.5 Å². The molecule has 144 valence electrons. The number of rotatable bonds is 6. The molecule has 0 saturated carbocycles. The fourth-order valence-electron chi connectivity index (χ4n) is 2.94. The van der Waals surface area contributed by atoms with Gasteiger partial charge in [-0.2, -0.15) is 4.31 Å². The third kappa shape index (κ3) is 4.66. The van der Waals surface area contributed by atoms with E-state index in [1.165, 1.54) is 22.5 Å². The zero-order valence-electron chi connectivity index (χ0n) is 14.9. The summed E-state index contributed by atoms with van der Waals surface area (Å²) in [7, 11) is -3.59. The van der Waals surface area contributed by atoms with Crippen LogP contribution in [0.4, 0.5) is 0 Å². The van der Waals surface area contributed by atoms with Crippen LogP contribution in [0.15, 0.2) is 52.3 Å². The molecular weight excluding hydrogens is 404 g/mol. The Balaban J connectivity index is 1.75. The van der Waals surface area contributed by atoms with Gasteiger partial charge in [0.2, 0.25) is 10.0 Å². The first-order valence-corrected chi connectivity index (χ1v) is 11.7. The van der Waals surface area contributed by atoms with Crippen molar-refractivity contribution in [1.82, 2.24) is 9.62 Å². The van der Waals surface area contributed by atoms with E-state index in [1.54, 1.807) is 11.8 Å². The number of thioether (sulfide) groups is 1. The van der Waals surface area contributed by atoms with Crippen LogP contribution >= 0.6 is 23.4 Å². The third-order valence-corrected chi connectivity index (χ3v) is 7.47. The van der Waals surface area contributed by atoms with Crippen LogP contribution < -0.4 is 5.32 Å². The number of sulfonamides is 1. The summed E-state index contributed by atoms with van der Waals surface area (Å²) in [5, 5.41) is 3.03. The Morgan fingerprint density at radius 2 is 1.81 bits per heavy atom. The zero-order valence-corrected chi connectivity index (χ0v) is 17.3. The van der Waals surface area contributed by atoms with Gasteiger partial charge >= 0.3 is 0 Å². The summed E-state index contributed by atoms with van der Waals surface area (Å²) < 4.78 is 26.9. The second kappa shape index (κ2) is 8.65. The smallest absolute Gasteiger partial charge is 0.253 e. The molecule has 0 aliphatic carbocycles. The van der Waals surface area contributed by atoms with Crippen LogP contribution in [-0.4, -0.2) is 38.0 Å². The molecule has 1 fully saturated rings. The molecule has 0 unspecified atom stereocenters. The monoisotopic (exact) mass is 424 g/mol. The zero-order chi connectivity index (χ0) is 19.4. The van der Waals surface area contributed by atoms with E-state index in [4.69, 9.17) is 11.6 Å². The molecule has 0 atom stereocenters. The average Bonchev–Trinajstić information content (AvgIpc) is 3.22. The van der Waals surface area contributed by atoms with Gasteiger partial charge in [-0.15, -0.1) is 11.8 Å². The van der Waals surface area contributed by atoms with Gasteiger partial charge in [0.05, 0.1) is 15.5 Å². The Hall–Kier alpha value is -1.54. The quantitative estimate of drug-likeness (QED) is 0.716. The molecule has 1 aliphatic rings. The van der Waals surface area contributed by atoms with E-state index in [-0.39, 0.29) is 15.5 Å². The molecular formula is C19H21ClN2O3S2. The molecule has 5 nitrogen and oxygen atoms in total. The lowest BCUT2D eigenvalue weighted by Crippen LogP contribution is -2.28. The number of nitrogens with one attached hydrogen (secondary N) is 1. The molecule has 1 saturated heterocycles. The summed E-state index contributed by atoms with van der Waals surface area (Å²) >= 11 is 7.80. The van der Waals surface area contributed by atoms with Gasteiger partial charge in [0.25, 0.3) is 5.91 Å². The van der Waals surface area contributed by atoms with Crippen molar-refractivity contribution in [3.05, 3.63) is 58.6 Å². The molecule has 2 aromatic carbocycles. The molecule has 0 bridgehead atoms. The van der Waals surface area contributed by atoms with Crippen molar-refractivity contribution in [2.75, 3.05) is 19.3 Å². The SMILES string of the molecule is CSc1ccc(CNC(=O)c2cc(S(=O)(=O)N3CCCC3)ccc2Cl)cc1. The first-order chi connectivity index (χ1) is 12.9. The molecule has 1 aliphatic heterocycles. The summed E-state index contributed by atoms with van der Waals surface area (Å²) in [5.41, 5.74) is 1.12. The van der Waals surface area contributed by atoms with Crippen LogP contribution in [0.25, 0.3) is 0 Å². The lowest BCUT2D eigenvalue weighted by Gasteiger charge is -2.16. The minimum Gasteiger partial charge on any atom is -0.348 e. The lowest BCUT2D eigenvalue weighted by molar-refractivity contribution is 0.0951. The number of carbonyl (C=O) groups is 1. The molecule has 0 aromatic heterocycles. The maximum absolute atomic E-state index is 12.7. The second-order valence-corrected chi connectivity index (χ2v) is 9.51. The molecule has 3 rings (SSSR count). The fraction of sp³-hybridized carbons (Fsp3) is 0.316. The molecule has 2 aromatic rings. The number of nitrogens with zero attached hydrogens (tertiary/aromatic N) is 1. The number of hydrogen-bond donors (Lipinski definition) is 1. The van der Waals surface area contributed by atoms with Gasteiger partial charge in [-0.3, -0.25) is 4.79 Å².